The molecule has 1 amide bonds. The van der Waals surface area contributed by atoms with Gasteiger partial charge in [-0.1, -0.05) is 6.07 Å². The summed E-state index contributed by atoms with van der Waals surface area (Å²) in [6.45, 7) is 3.22. The minimum atomic E-state index is -3.37. The molecule has 1 aromatic rings. The van der Waals surface area contributed by atoms with Gasteiger partial charge in [0.25, 0.3) is 0 Å². The second kappa shape index (κ2) is 4.61. The molecule has 16 heavy (non-hydrogen) atoms. The Morgan fingerprint density at radius 1 is 1.44 bits per heavy atom. The van der Waals surface area contributed by atoms with Gasteiger partial charge in [0, 0.05) is 12.5 Å². The first-order valence-electron chi connectivity index (χ1n) is 4.73. The first-order chi connectivity index (χ1) is 7.30. The van der Waals surface area contributed by atoms with E-state index in [9.17, 15) is 13.2 Å². The largest absolute Gasteiger partial charge is 0.310 e. The maximum absolute atomic E-state index is 11.5. The fourth-order valence-corrected chi connectivity index (χ4v) is 1.41. The van der Waals surface area contributed by atoms with Crippen molar-refractivity contribution < 1.29 is 13.2 Å². The number of hydrogen-bond acceptors (Lipinski definition) is 4. The summed E-state index contributed by atoms with van der Waals surface area (Å²) in [6.07, 6.45) is 2.63. The van der Waals surface area contributed by atoms with E-state index in [4.69, 9.17) is 0 Å². The highest BCUT2D eigenvalue weighted by atomic mass is 32.2. The molecule has 1 rings (SSSR count). The Balaban J connectivity index is 2.76. The number of aromatic nitrogens is 1. The van der Waals surface area contributed by atoms with E-state index in [1.165, 1.54) is 6.92 Å². The monoisotopic (exact) mass is 242 g/mol. The summed E-state index contributed by atoms with van der Waals surface area (Å²) >= 11 is 0. The summed E-state index contributed by atoms with van der Waals surface area (Å²) in [5.74, 6) is -0.218. The molecular weight excluding hydrogens is 228 g/mol. The molecule has 1 heterocycles. The van der Waals surface area contributed by atoms with Crippen molar-refractivity contribution in [3.8, 4) is 0 Å². The number of amides is 1. The quantitative estimate of drug-likeness (QED) is 0.849. The zero-order valence-electron chi connectivity index (χ0n) is 9.39. The smallest absolute Gasteiger partial charge is 0.243 e. The summed E-state index contributed by atoms with van der Waals surface area (Å²) < 4.78 is 22.3. The van der Waals surface area contributed by atoms with E-state index in [2.05, 4.69) is 10.3 Å². The molecule has 0 saturated heterocycles. The van der Waals surface area contributed by atoms with Gasteiger partial charge in [0.1, 0.15) is 11.1 Å². The predicted octanol–water partition coefficient (Wildman–Crippen LogP) is 0.762. The normalized spacial score (nSPS) is 13.2. The van der Waals surface area contributed by atoms with Gasteiger partial charge in [-0.2, -0.15) is 0 Å². The SMILES string of the molecule is Cc1ccc(NC(=O)C(C)S(C)(=O)=O)nc1. The van der Waals surface area contributed by atoms with Crippen molar-refractivity contribution in [2.24, 2.45) is 0 Å². The highest BCUT2D eigenvalue weighted by Crippen LogP contribution is 2.06. The number of anilines is 1. The van der Waals surface area contributed by atoms with Crippen molar-refractivity contribution in [2.75, 3.05) is 11.6 Å². The van der Waals surface area contributed by atoms with Crippen LogP contribution >= 0.6 is 0 Å². The topological polar surface area (TPSA) is 76.1 Å². The Bertz CT molecular complexity index is 479. The van der Waals surface area contributed by atoms with E-state index in [1.54, 1.807) is 18.3 Å². The standard InChI is InChI=1S/C10H14N2O3S/c1-7-4-5-9(11-6-7)12-10(13)8(2)16(3,14)15/h4-6,8H,1-3H3,(H,11,12,13). The molecule has 0 saturated carbocycles. The maximum Gasteiger partial charge on any atom is 0.243 e. The van der Waals surface area contributed by atoms with Gasteiger partial charge in [0.15, 0.2) is 9.84 Å². The summed E-state index contributed by atoms with van der Waals surface area (Å²) in [5, 5.41) is 1.37. The molecule has 0 fully saturated rings. The minimum absolute atomic E-state index is 0.353. The van der Waals surface area contributed by atoms with Crippen molar-refractivity contribution in [3.63, 3.8) is 0 Å². The molecule has 1 unspecified atom stereocenters. The van der Waals surface area contributed by atoms with Gasteiger partial charge >= 0.3 is 0 Å². The van der Waals surface area contributed by atoms with Crippen LogP contribution in [0.15, 0.2) is 18.3 Å². The zero-order valence-corrected chi connectivity index (χ0v) is 10.2. The van der Waals surface area contributed by atoms with Crippen LogP contribution < -0.4 is 5.32 Å². The Labute approximate surface area is 94.8 Å². The molecule has 0 aliphatic carbocycles. The fraction of sp³-hybridized carbons (Fsp3) is 0.400. The molecule has 0 radical (unpaired) electrons. The molecular formula is C10H14N2O3S. The number of hydrogen-bond donors (Lipinski definition) is 1. The lowest BCUT2D eigenvalue weighted by atomic mass is 10.3. The third kappa shape index (κ3) is 3.30. The van der Waals surface area contributed by atoms with Crippen LogP contribution in [0.1, 0.15) is 12.5 Å². The Morgan fingerprint density at radius 3 is 2.50 bits per heavy atom. The number of nitrogens with zero attached hydrogens (tertiary/aromatic N) is 1. The van der Waals surface area contributed by atoms with Crippen LogP contribution in [0.3, 0.4) is 0 Å². The second-order valence-electron chi connectivity index (χ2n) is 3.68. The second-order valence-corrected chi connectivity index (χ2v) is 6.05. The maximum atomic E-state index is 11.5. The number of rotatable bonds is 3. The average molecular weight is 242 g/mol. The van der Waals surface area contributed by atoms with Gasteiger partial charge in [-0.05, 0) is 25.5 Å². The van der Waals surface area contributed by atoms with Gasteiger partial charge in [-0.15, -0.1) is 0 Å². The van der Waals surface area contributed by atoms with E-state index in [0.29, 0.717) is 5.82 Å². The molecule has 0 bridgehead atoms. The van der Waals surface area contributed by atoms with Crippen LogP contribution in [-0.4, -0.2) is 30.8 Å². The van der Waals surface area contributed by atoms with E-state index < -0.39 is 21.0 Å². The summed E-state index contributed by atoms with van der Waals surface area (Å²) in [7, 11) is -3.37. The van der Waals surface area contributed by atoms with Crippen LogP contribution in [0.25, 0.3) is 0 Å². The summed E-state index contributed by atoms with van der Waals surface area (Å²) in [5.41, 5.74) is 0.967. The Hall–Kier alpha value is -1.43. The molecule has 0 aliphatic heterocycles. The number of pyridine rings is 1. The number of nitrogens with one attached hydrogen (secondary N) is 1. The zero-order chi connectivity index (χ0) is 12.3. The van der Waals surface area contributed by atoms with Crippen molar-refractivity contribution in [1.82, 2.24) is 4.98 Å². The lowest BCUT2D eigenvalue weighted by Gasteiger charge is -2.09. The van der Waals surface area contributed by atoms with Gasteiger partial charge in [0.2, 0.25) is 5.91 Å². The minimum Gasteiger partial charge on any atom is -0.310 e. The van der Waals surface area contributed by atoms with Gasteiger partial charge in [0.05, 0.1) is 0 Å². The third-order valence-electron chi connectivity index (χ3n) is 2.17. The lowest BCUT2D eigenvalue weighted by molar-refractivity contribution is -0.115. The van der Waals surface area contributed by atoms with Crippen molar-refractivity contribution in [2.45, 2.75) is 19.1 Å². The Morgan fingerprint density at radius 2 is 2.06 bits per heavy atom. The molecule has 1 aromatic heterocycles. The van der Waals surface area contributed by atoms with Gasteiger partial charge < -0.3 is 5.32 Å². The first-order valence-corrected chi connectivity index (χ1v) is 6.68. The number of carbonyl (C=O) groups excluding carboxylic acids is 1. The van der Waals surface area contributed by atoms with E-state index >= 15 is 0 Å². The van der Waals surface area contributed by atoms with Crippen LogP contribution in [0.2, 0.25) is 0 Å². The van der Waals surface area contributed by atoms with Crippen molar-refractivity contribution in [3.05, 3.63) is 23.9 Å². The predicted molar refractivity (Wildman–Crippen MR) is 61.9 cm³/mol. The molecule has 1 N–H and O–H groups in total. The lowest BCUT2D eigenvalue weighted by Crippen LogP contribution is -2.32. The van der Waals surface area contributed by atoms with Crippen LogP contribution in [0, 0.1) is 6.92 Å². The van der Waals surface area contributed by atoms with E-state index in [-0.39, 0.29) is 0 Å². The Kier molecular flexibility index (Phi) is 3.64. The summed E-state index contributed by atoms with van der Waals surface area (Å²) in [4.78, 5) is 15.5. The number of carbonyl (C=O) groups is 1. The molecule has 1 atom stereocenters. The van der Waals surface area contributed by atoms with E-state index in [0.717, 1.165) is 11.8 Å². The molecule has 6 heteroatoms. The average Bonchev–Trinajstić information content (AvgIpc) is 2.19. The highest BCUT2D eigenvalue weighted by Gasteiger charge is 2.23. The fourth-order valence-electron chi connectivity index (χ4n) is 0.964. The van der Waals surface area contributed by atoms with E-state index in [1.807, 2.05) is 6.92 Å². The molecule has 0 aromatic carbocycles. The van der Waals surface area contributed by atoms with Crippen LogP contribution in [0.4, 0.5) is 5.82 Å². The molecule has 5 nitrogen and oxygen atoms in total. The van der Waals surface area contributed by atoms with Crippen molar-refractivity contribution >= 4 is 21.6 Å². The molecule has 0 spiro atoms. The van der Waals surface area contributed by atoms with Crippen molar-refractivity contribution in [1.29, 1.82) is 0 Å². The van der Waals surface area contributed by atoms with Gasteiger partial charge in [-0.3, -0.25) is 4.79 Å². The number of sulfone groups is 1. The highest BCUT2D eigenvalue weighted by molar-refractivity contribution is 7.92. The molecule has 88 valence electrons. The summed E-state index contributed by atoms with van der Waals surface area (Å²) in [6, 6.07) is 3.41. The van der Waals surface area contributed by atoms with Crippen LogP contribution in [0.5, 0.6) is 0 Å². The van der Waals surface area contributed by atoms with Gasteiger partial charge in [-0.25, -0.2) is 13.4 Å². The molecule has 0 aliphatic rings. The third-order valence-corrected chi connectivity index (χ3v) is 3.67. The number of aryl methyl sites for hydroxylation is 1. The first kappa shape index (κ1) is 12.6. The van der Waals surface area contributed by atoms with Crippen LogP contribution in [-0.2, 0) is 14.6 Å².